The minimum Gasteiger partial charge on any atom is -0.329 e. The molecule has 124 valence electrons. The molecule has 3 nitrogen and oxygen atoms in total. The number of alkyl halides is 3. The third-order valence-corrected chi connectivity index (χ3v) is 4.02. The van der Waals surface area contributed by atoms with Crippen LogP contribution in [0.5, 0.6) is 0 Å². The lowest BCUT2D eigenvalue weighted by molar-refractivity contribution is -0.171. The second kappa shape index (κ2) is 7.13. The van der Waals surface area contributed by atoms with Crippen LogP contribution in [0.15, 0.2) is 36.0 Å². The van der Waals surface area contributed by atoms with Crippen LogP contribution in [0.1, 0.15) is 27.2 Å². The zero-order valence-corrected chi connectivity index (χ0v) is 13.2. The molecule has 22 heavy (non-hydrogen) atoms. The van der Waals surface area contributed by atoms with E-state index in [1.807, 2.05) is 26.0 Å². The Morgan fingerprint density at radius 2 is 2.05 bits per heavy atom. The summed E-state index contributed by atoms with van der Waals surface area (Å²) in [4.78, 5) is 12.8. The van der Waals surface area contributed by atoms with E-state index in [-0.39, 0.29) is 5.92 Å². The van der Waals surface area contributed by atoms with Gasteiger partial charge in [-0.3, -0.25) is 4.79 Å². The molecule has 0 unspecified atom stereocenters. The van der Waals surface area contributed by atoms with Crippen LogP contribution in [-0.2, 0) is 4.79 Å². The molecular formula is C16H23F3N2O. The largest absolute Gasteiger partial charge is 0.406 e. The second-order valence-electron chi connectivity index (χ2n) is 5.71. The molecule has 0 aliphatic carbocycles. The lowest BCUT2D eigenvalue weighted by Crippen LogP contribution is -2.58. The quantitative estimate of drug-likeness (QED) is 0.810. The number of hydrogen-bond donors (Lipinski definition) is 1. The minimum absolute atomic E-state index is 0.282. The van der Waals surface area contributed by atoms with E-state index in [0.29, 0.717) is 12.0 Å². The number of carbonyl (C=O) groups is 1. The van der Waals surface area contributed by atoms with Crippen molar-refractivity contribution in [3.8, 4) is 0 Å². The molecule has 1 rings (SSSR count). The van der Waals surface area contributed by atoms with Gasteiger partial charge < -0.3 is 10.6 Å². The highest BCUT2D eigenvalue weighted by Gasteiger charge is 2.43. The van der Waals surface area contributed by atoms with Gasteiger partial charge in [0.15, 0.2) is 0 Å². The van der Waals surface area contributed by atoms with E-state index in [9.17, 15) is 18.0 Å². The van der Waals surface area contributed by atoms with Crippen LogP contribution in [0.2, 0.25) is 0 Å². The fraction of sp³-hybridized carbons (Fsp3) is 0.562. The zero-order chi connectivity index (χ0) is 17.1. The average molecular weight is 316 g/mol. The number of allylic oxidation sites excluding steroid dienone is 4. The third-order valence-electron chi connectivity index (χ3n) is 4.02. The topological polar surface area (TPSA) is 46.3 Å². The standard InChI is InChI=1S/C16H23F3N2O/c1-5-10(2)6-7-11(3)13-8-14(20)15(22)21(12(13)4)9-16(17,18)19/h5-7,12-14H,3,8-9,20H2,1-2,4H3/b7-6-,10-5-/t12-,13+,14+/m1/s1. The molecule has 0 bridgehead atoms. The molecule has 3 atom stereocenters. The van der Waals surface area contributed by atoms with Gasteiger partial charge in [-0.2, -0.15) is 13.2 Å². The van der Waals surface area contributed by atoms with Crippen LogP contribution >= 0.6 is 0 Å². The summed E-state index contributed by atoms with van der Waals surface area (Å²) in [6.45, 7) is 8.08. The van der Waals surface area contributed by atoms with Crippen LogP contribution in [0.4, 0.5) is 13.2 Å². The second-order valence-corrected chi connectivity index (χ2v) is 5.71. The number of nitrogens with zero attached hydrogens (tertiary/aromatic N) is 1. The normalized spacial score (nSPS) is 27.6. The van der Waals surface area contributed by atoms with E-state index >= 15 is 0 Å². The number of rotatable bonds is 4. The SMILES string of the molecule is C=C(/C=C\C(C)=C/C)[C@@H]1C[C@H](N)C(=O)N(CC(F)(F)F)[C@@H]1C. The number of piperidine rings is 1. The smallest absolute Gasteiger partial charge is 0.329 e. The Hall–Kier alpha value is -1.56. The molecule has 0 aromatic rings. The van der Waals surface area contributed by atoms with Gasteiger partial charge in [0.05, 0.1) is 6.04 Å². The first-order valence-electron chi connectivity index (χ1n) is 7.19. The van der Waals surface area contributed by atoms with Crippen molar-refractivity contribution in [2.24, 2.45) is 11.7 Å². The van der Waals surface area contributed by atoms with Crippen molar-refractivity contribution in [1.29, 1.82) is 0 Å². The van der Waals surface area contributed by atoms with Gasteiger partial charge in [-0.1, -0.05) is 30.4 Å². The summed E-state index contributed by atoms with van der Waals surface area (Å²) in [6.07, 6.45) is 1.42. The molecule has 0 radical (unpaired) electrons. The lowest BCUT2D eigenvalue weighted by atomic mass is 9.82. The summed E-state index contributed by atoms with van der Waals surface area (Å²) in [5, 5.41) is 0. The van der Waals surface area contributed by atoms with Crippen LogP contribution in [0.3, 0.4) is 0 Å². The molecule has 1 aliphatic heterocycles. The molecule has 2 N–H and O–H groups in total. The molecule has 1 heterocycles. The maximum Gasteiger partial charge on any atom is 0.406 e. The molecule has 0 spiro atoms. The maximum atomic E-state index is 12.7. The molecule has 1 saturated heterocycles. The molecule has 1 fully saturated rings. The predicted molar refractivity (Wildman–Crippen MR) is 81.0 cm³/mol. The van der Waals surface area contributed by atoms with Gasteiger partial charge in [0.25, 0.3) is 0 Å². The van der Waals surface area contributed by atoms with Crippen molar-refractivity contribution in [1.82, 2.24) is 4.90 Å². The Morgan fingerprint density at radius 1 is 1.45 bits per heavy atom. The Bertz CT molecular complexity index is 494. The van der Waals surface area contributed by atoms with Gasteiger partial charge >= 0.3 is 6.18 Å². The highest BCUT2D eigenvalue weighted by molar-refractivity contribution is 5.83. The fourth-order valence-electron chi connectivity index (χ4n) is 2.54. The number of hydrogen-bond acceptors (Lipinski definition) is 2. The van der Waals surface area contributed by atoms with Crippen LogP contribution in [0, 0.1) is 5.92 Å². The molecular weight excluding hydrogens is 293 g/mol. The molecule has 1 amide bonds. The van der Waals surface area contributed by atoms with Crippen LogP contribution in [-0.4, -0.2) is 35.6 Å². The highest BCUT2D eigenvalue weighted by Crippen LogP contribution is 2.32. The van der Waals surface area contributed by atoms with Crippen LogP contribution in [0.25, 0.3) is 0 Å². The predicted octanol–water partition coefficient (Wildman–Crippen LogP) is 3.19. The van der Waals surface area contributed by atoms with Gasteiger partial charge in [-0.05, 0) is 32.8 Å². The van der Waals surface area contributed by atoms with E-state index in [1.54, 1.807) is 13.0 Å². The number of carbonyl (C=O) groups excluding carboxylic acids is 1. The van der Waals surface area contributed by atoms with Gasteiger partial charge in [0, 0.05) is 12.0 Å². The molecule has 6 heteroatoms. The molecule has 1 aliphatic rings. The Balaban J connectivity index is 2.95. The van der Waals surface area contributed by atoms with Crippen molar-refractivity contribution in [2.75, 3.05) is 6.54 Å². The van der Waals surface area contributed by atoms with E-state index in [0.717, 1.165) is 10.5 Å². The summed E-state index contributed by atoms with van der Waals surface area (Å²) in [5.41, 5.74) is 7.43. The summed E-state index contributed by atoms with van der Waals surface area (Å²) in [6, 6.07) is -1.51. The van der Waals surface area contributed by atoms with Gasteiger partial charge in [-0.15, -0.1) is 0 Å². The van der Waals surface area contributed by atoms with Gasteiger partial charge in [0.2, 0.25) is 5.91 Å². The fourth-order valence-corrected chi connectivity index (χ4v) is 2.54. The van der Waals surface area contributed by atoms with Crippen molar-refractivity contribution in [3.63, 3.8) is 0 Å². The summed E-state index contributed by atoms with van der Waals surface area (Å²) < 4.78 is 38.0. The number of amides is 1. The number of likely N-dealkylation sites (tertiary alicyclic amines) is 1. The van der Waals surface area contributed by atoms with Crippen LogP contribution < -0.4 is 5.73 Å². The average Bonchev–Trinajstić information content (AvgIpc) is 2.43. The summed E-state index contributed by atoms with van der Waals surface area (Å²) in [5.74, 6) is -0.932. The first kappa shape index (κ1) is 18.5. The monoisotopic (exact) mass is 316 g/mol. The Morgan fingerprint density at radius 3 is 2.55 bits per heavy atom. The van der Waals surface area contributed by atoms with E-state index in [2.05, 4.69) is 6.58 Å². The summed E-state index contributed by atoms with van der Waals surface area (Å²) in [7, 11) is 0. The highest BCUT2D eigenvalue weighted by atomic mass is 19.4. The minimum atomic E-state index is -4.44. The molecule has 0 aromatic carbocycles. The first-order chi connectivity index (χ1) is 10.1. The van der Waals surface area contributed by atoms with Gasteiger partial charge in [-0.25, -0.2) is 0 Å². The van der Waals surface area contributed by atoms with Crippen molar-refractivity contribution < 1.29 is 18.0 Å². The van der Waals surface area contributed by atoms with E-state index < -0.39 is 30.7 Å². The van der Waals surface area contributed by atoms with Crippen molar-refractivity contribution in [2.45, 2.75) is 45.5 Å². The Labute approximate surface area is 129 Å². The van der Waals surface area contributed by atoms with E-state index in [1.165, 1.54) is 0 Å². The first-order valence-corrected chi connectivity index (χ1v) is 7.19. The third kappa shape index (κ3) is 4.73. The molecule has 0 aromatic heterocycles. The number of nitrogens with two attached hydrogens (primary N) is 1. The maximum absolute atomic E-state index is 12.7. The van der Waals surface area contributed by atoms with Gasteiger partial charge in [0.1, 0.15) is 6.54 Å². The van der Waals surface area contributed by atoms with Crippen molar-refractivity contribution >= 4 is 5.91 Å². The Kier molecular flexibility index (Phi) is 6.00. The van der Waals surface area contributed by atoms with E-state index in [4.69, 9.17) is 5.73 Å². The summed E-state index contributed by atoms with van der Waals surface area (Å²) >= 11 is 0. The molecule has 0 saturated carbocycles. The zero-order valence-electron chi connectivity index (χ0n) is 13.2. The lowest BCUT2D eigenvalue weighted by Gasteiger charge is -2.42. The number of halogens is 3. The van der Waals surface area contributed by atoms with Crippen molar-refractivity contribution in [3.05, 3.63) is 36.0 Å².